The molecule has 0 unspecified atom stereocenters. The number of anilines is 1. The predicted octanol–water partition coefficient (Wildman–Crippen LogP) is 3.23. The Kier molecular flexibility index (Phi) is 5.52. The largest absolute Gasteiger partial charge is 0.495 e. The van der Waals surface area contributed by atoms with Gasteiger partial charge in [-0.05, 0) is 57.2 Å². The summed E-state index contributed by atoms with van der Waals surface area (Å²) in [6.45, 7) is 8.97. The van der Waals surface area contributed by atoms with E-state index in [1.165, 1.54) is 0 Å². The summed E-state index contributed by atoms with van der Waals surface area (Å²) in [5.74, 6) is 0.806. The minimum atomic E-state index is -1.12. The van der Waals surface area contributed by atoms with Crippen molar-refractivity contribution in [2.24, 2.45) is 11.3 Å². The number of methoxy groups -OCH3 is 1. The quantitative estimate of drug-likeness (QED) is 0.861. The highest BCUT2D eigenvalue weighted by Gasteiger charge is 2.40. The molecule has 1 saturated heterocycles. The summed E-state index contributed by atoms with van der Waals surface area (Å²) in [5, 5.41) is 2.86. The zero-order valence-electron chi connectivity index (χ0n) is 15.3. The fraction of sp³-hybridized carbons (Fsp3) is 0.579. The molecule has 0 spiro atoms. The summed E-state index contributed by atoms with van der Waals surface area (Å²) in [6.07, 6.45) is 1.99. The molecule has 1 fully saturated rings. The average Bonchev–Trinajstić information content (AvgIpc) is 2.55. The van der Waals surface area contributed by atoms with Crippen LogP contribution in [0.3, 0.4) is 0 Å². The third-order valence-electron chi connectivity index (χ3n) is 4.78. The number of carbonyl (C=O) groups excluding carboxylic acids is 2. The Labute approximate surface area is 144 Å². The van der Waals surface area contributed by atoms with Crippen molar-refractivity contribution in [2.75, 3.05) is 25.5 Å². The first-order chi connectivity index (χ1) is 11.3. The molecule has 1 aromatic carbocycles. The molecule has 1 heterocycles. The highest BCUT2D eigenvalue weighted by molar-refractivity contribution is 6.10. The summed E-state index contributed by atoms with van der Waals surface area (Å²) >= 11 is 0. The van der Waals surface area contributed by atoms with E-state index < -0.39 is 5.41 Å². The lowest BCUT2D eigenvalue weighted by atomic mass is 9.88. The van der Waals surface area contributed by atoms with Gasteiger partial charge < -0.3 is 15.0 Å². The summed E-state index contributed by atoms with van der Waals surface area (Å²) in [7, 11) is 1.56. The Morgan fingerprint density at radius 1 is 1.25 bits per heavy atom. The molecule has 0 bridgehead atoms. The van der Waals surface area contributed by atoms with Gasteiger partial charge in [-0.2, -0.15) is 0 Å². The molecule has 0 atom stereocenters. The fourth-order valence-electron chi connectivity index (χ4n) is 2.90. The molecular formula is C19H28N2O3. The average molecular weight is 332 g/mol. The molecular weight excluding hydrogens is 304 g/mol. The molecule has 24 heavy (non-hydrogen) atoms. The molecule has 1 N–H and O–H groups in total. The number of ether oxygens (including phenoxy) is 1. The van der Waals surface area contributed by atoms with Crippen LogP contribution in [0.4, 0.5) is 5.69 Å². The second-order valence-electron chi connectivity index (χ2n) is 7.26. The number of benzene rings is 1. The number of nitrogens with one attached hydrogen (secondary N) is 1. The highest BCUT2D eigenvalue weighted by atomic mass is 16.5. The van der Waals surface area contributed by atoms with Gasteiger partial charge in [-0.25, -0.2) is 0 Å². The number of hydrogen-bond acceptors (Lipinski definition) is 3. The number of likely N-dealkylation sites (tertiary alicyclic amines) is 1. The van der Waals surface area contributed by atoms with Gasteiger partial charge in [0, 0.05) is 13.1 Å². The summed E-state index contributed by atoms with van der Waals surface area (Å²) in [6, 6.07) is 5.57. The van der Waals surface area contributed by atoms with Crippen molar-refractivity contribution in [3.05, 3.63) is 23.8 Å². The highest BCUT2D eigenvalue weighted by Crippen LogP contribution is 2.29. The normalized spacial score (nSPS) is 16.0. The van der Waals surface area contributed by atoms with E-state index in [4.69, 9.17) is 4.74 Å². The first-order valence-corrected chi connectivity index (χ1v) is 8.51. The van der Waals surface area contributed by atoms with Gasteiger partial charge in [-0.3, -0.25) is 9.59 Å². The smallest absolute Gasteiger partial charge is 0.239 e. The Hall–Kier alpha value is -2.04. The summed E-state index contributed by atoms with van der Waals surface area (Å²) in [4.78, 5) is 27.4. The maximum absolute atomic E-state index is 12.8. The van der Waals surface area contributed by atoms with Gasteiger partial charge in [-0.1, -0.05) is 13.0 Å². The van der Waals surface area contributed by atoms with Crippen molar-refractivity contribution < 1.29 is 14.3 Å². The van der Waals surface area contributed by atoms with Gasteiger partial charge in [0.05, 0.1) is 12.8 Å². The SMILES string of the molecule is COc1ccc(C)cc1NC(=O)C(C)(C)C(=O)N1CCC(C)CC1. The van der Waals surface area contributed by atoms with E-state index in [0.717, 1.165) is 31.5 Å². The van der Waals surface area contributed by atoms with Gasteiger partial charge in [-0.15, -0.1) is 0 Å². The first-order valence-electron chi connectivity index (χ1n) is 8.51. The van der Waals surface area contributed by atoms with Gasteiger partial charge in [0.1, 0.15) is 11.2 Å². The third kappa shape index (κ3) is 3.89. The Morgan fingerprint density at radius 3 is 2.46 bits per heavy atom. The molecule has 5 heteroatoms. The maximum atomic E-state index is 12.8. The number of hydrogen-bond donors (Lipinski definition) is 1. The van der Waals surface area contributed by atoms with Crippen molar-refractivity contribution >= 4 is 17.5 Å². The number of carbonyl (C=O) groups is 2. The number of amides is 2. The molecule has 0 saturated carbocycles. The van der Waals surface area contributed by atoms with E-state index in [1.54, 1.807) is 21.0 Å². The van der Waals surface area contributed by atoms with E-state index in [2.05, 4.69) is 12.2 Å². The van der Waals surface area contributed by atoms with E-state index in [0.29, 0.717) is 17.4 Å². The lowest BCUT2D eigenvalue weighted by Crippen LogP contribution is -2.49. The lowest BCUT2D eigenvalue weighted by Gasteiger charge is -2.35. The second-order valence-corrected chi connectivity index (χ2v) is 7.26. The van der Waals surface area contributed by atoms with E-state index >= 15 is 0 Å². The lowest BCUT2D eigenvalue weighted by molar-refractivity contribution is -0.147. The number of piperidine rings is 1. The molecule has 2 rings (SSSR count). The maximum Gasteiger partial charge on any atom is 0.239 e. The van der Waals surface area contributed by atoms with Crippen LogP contribution in [0.1, 0.15) is 39.2 Å². The van der Waals surface area contributed by atoms with Gasteiger partial charge in [0.2, 0.25) is 11.8 Å². The number of rotatable bonds is 4. The van der Waals surface area contributed by atoms with Gasteiger partial charge in [0.25, 0.3) is 0 Å². The molecule has 1 aliphatic heterocycles. The Bertz CT molecular complexity index is 617. The molecule has 132 valence electrons. The monoisotopic (exact) mass is 332 g/mol. The molecule has 0 aliphatic carbocycles. The van der Waals surface area contributed by atoms with Crippen LogP contribution in [0.5, 0.6) is 5.75 Å². The minimum Gasteiger partial charge on any atom is -0.495 e. The predicted molar refractivity (Wildman–Crippen MR) is 95.1 cm³/mol. The van der Waals surface area contributed by atoms with Crippen LogP contribution in [0.15, 0.2) is 18.2 Å². The molecule has 5 nitrogen and oxygen atoms in total. The van der Waals surface area contributed by atoms with Crippen molar-refractivity contribution in [3.8, 4) is 5.75 Å². The van der Waals surface area contributed by atoms with Crippen LogP contribution in [0.2, 0.25) is 0 Å². The van der Waals surface area contributed by atoms with Gasteiger partial charge in [0.15, 0.2) is 0 Å². The third-order valence-corrected chi connectivity index (χ3v) is 4.78. The Balaban J connectivity index is 2.12. The van der Waals surface area contributed by atoms with Crippen molar-refractivity contribution in [1.82, 2.24) is 4.90 Å². The van der Waals surface area contributed by atoms with Crippen LogP contribution in [-0.2, 0) is 9.59 Å². The zero-order chi connectivity index (χ0) is 17.9. The van der Waals surface area contributed by atoms with Crippen LogP contribution >= 0.6 is 0 Å². The molecule has 2 amide bonds. The summed E-state index contributed by atoms with van der Waals surface area (Å²) < 4.78 is 5.29. The fourth-order valence-corrected chi connectivity index (χ4v) is 2.90. The molecule has 1 aromatic rings. The topological polar surface area (TPSA) is 58.6 Å². The van der Waals surface area contributed by atoms with Crippen molar-refractivity contribution in [2.45, 2.75) is 40.5 Å². The van der Waals surface area contributed by atoms with Crippen molar-refractivity contribution in [3.63, 3.8) is 0 Å². The number of aryl methyl sites for hydroxylation is 1. The van der Waals surface area contributed by atoms with E-state index in [-0.39, 0.29) is 11.8 Å². The summed E-state index contributed by atoms with van der Waals surface area (Å²) in [5.41, 5.74) is 0.492. The minimum absolute atomic E-state index is 0.112. The number of nitrogens with zero attached hydrogens (tertiary/aromatic N) is 1. The van der Waals surface area contributed by atoms with Crippen LogP contribution in [0, 0.1) is 18.3 Å². The zero-order valence-corrected chi connectivity index (χ0v) is 15.3. The second kappa shape index (κ2) is 7.24. The molecule has 0 aromatic heterocycles. The Morgan fingerprint density at radius 2 is 1.88 bits per heavy atom. The van der Waals surface area contributed by atoms with Crippen molar-refractivity contribution in [1.29, 1.82) is 0 Å². The standard InChI is InChI=1S/C19H28N2O3/c1-13-8-10-21(11-9-13)18(23)19(3,4)17(22)20-15-12-14(2)6-7-16(15)24-5/h6-7,12-13H,8-11H2,1-5H3,(H,20,22). The molecule has 0 radical (unpaired) electrons. The van der Waals surface area contributed by atoms with Crippen LogP contribution in [0.25, 0.3) is 0 Å². The first kappa shape index (κ1) is 18.3. The molecule has 1 aliphatic rings. The van der Waals surface area contributed by atoms with E-state index in [9.17, 15) is 9.59 Å². The van der Waals surface area contributed by atoms with Gasteiger partial charge >= 0.3 is 0 Å². The van der Waals surface area contributed by atoms with Crippen LogP contribution < -0.4 is 10.1 Å². The van der Waals surface area contributed by atoms with Crippen LogP contribution in [-0.4, -0.2) is 36.9 Å². The van der Waals surface area contributed by atoms with E-state index in [1.807, 2.05) is 30.0 Å².